The maximum atomic E-state index is 2.45. The zero-order valence-electron chi connectivity index (χ0n) is 11.5. The first kappa shape index (κ1) is 15.0. The van der Waals surface area contributed by atoms with Crippen molar-refractivity contribution in [3.63, 3.8) is 0 Å². The lowest BCUT2D eigenvalue weighted by Gasteiger charge is -2.20. The highest BCUT2D eigenvalue weighted by Crippen LogP contribution is 2.25. The Kier molecular flexibility index (Phi) is 10.5. The molecule has 15 heavy (non-hydrogen) atoms. The van der Waals surface area contributed by atoms with E-state index >= 15 is 0 Å². The highest BCUT2D eigenvalue weighted by molar-refractivity contribution is 4.63. The summed E-state index contributed by atoms with van der Waals surface area (Å²) < 4.78 is 0. The van der Waals surface area contributed by atoms with Gasteiger partial charge in [-0.15, -0.1) is 0 Å². The Morgan fingerprint density at radius 2 is 1.33 bits per heavy atom. The van der Waals surface area contributed by atoms with Gasteiger partial charge in [-0.2, -0.15) is 0 Å². The summed E-state index contributed by atoms with van der Waals surface area (Å²) >= 11 is 0. The van der Waals surface area contributed by atoms with E-state index in [0.717, 1.165) is 11.8 Å². The van der Waals surface area contributed by atoms with E-state index < -0.39 is 0 Å². The van der Waals surface area contributed by atoms with Gasteiger partial charge in [-0.3, -0.25) is 0 Å². The number of unbranched alkanes of at least 4 members (excludes halogenated alkanes) is 2. The third-order valence-electron chi connectivity index (χ3n) is 3.43. The minimum absolute atomic E-state index is 0.958. The molecule has 1 unspecified atom stereocenters. The van der Waals surface area contributed by atoms with Crippen LogP contribution in [0.1, 0.15) is 85.5 Å². The third kappa shape index (κ3) is 8.96. The summed E-state index contributed by atoms with van der Waals surface area (Å²) in [7, 11) is 0. The van der Waals surface area contributed by atoms with Crippen LogP contribution in [0.25, 0.3) is 0 Å². The highest BCUT2D eigenvalue weighted by atomic mass is 14.2. The lowest BCUT2D eigenvalue weighted by Crippen LogP contribution is -2.06. The van der Waals surface area contributed by atoms with Crippen molar-refractivity contribution in [2.45, 2.75) is 85.5 Å². The van der Waals surface area contributed by atoms with Crippen LogP contribution in [0.3, 0.4) is 0 Å². The first-order chi connectivity index (χ1) is 7.24. The van der Waals surface area contributed by atoms with Crippen molar-refractivity contribution in [3.8, 4) is 0 Å². The fourth-order valence-electron chi connectivity index (χ4n) is 2.63. The van der Waals surface area contributed by atoms with Crippen LogP contribution in [0.4, 0.5) is 0 Å². The van der Waals surface area contributed by atoms with Gasteiger partial charge in [0.25, 0.3) is 0 Å². The first-order valence-corrected chi connectivity index (χ1v) is 7.24. The predicted octanol–water partition coefficient (Wildman–Crippen LogP) is 5.81. The molecule has 0 aromatic rings. The largest absolute Gasteiger partial charge is 0.0654 e. The highest BCUT2D eigenvalue weighted by Gasteiger charge is 2.11. The van der Waals surface area contributed by atoms with E-state index in [1.54, 1.807) is 0 Å². The molecule has 1 atom stereocenters. The number of hydrogen-bond donors (Lipinski definition) is 0. The van der Waals surface area contributed by atoms with Gasteiger partial charge in [-0.05, 0) is 18.3 Å². The van der Waals surface area contributed by atoms with Gasteiger partial charge in [0.05, 0.1) is 0 Å². The van der Waals surface area contributed by atoms with Gasteiger partial charge < -0.3 is 0 Å². The van der Waals surface area contributed by atoms with Crippen molar-refractivity contribution in [2.75, 3.05) is 0 Å². The van der Waals surface area contributed by atoms with Crippen LogP contribution in [-0.2, 0) is 0 Å². The molecule has 0 heteroatoms. The molecule has 0 rings (SSSR count). The van der Waals surface area contributed by atoms with Crippen molar-refractivity contribution < 1.29 is 0 Å². The predicted molar refractivity (Wildman–Crippen MR) is 71.2 cm³/mol. The molecule has 0 saturated heterocycles. The molecule has 92 valence electrons. The molecule has 0 spiro atoms. The zero-order valence-corrected chi connectivity index (χ0v) is 11.5. The van der Waals surface area contributed by atoms with Crippen LogP contribution in [0.2, 0.25) is 0 Å². The molecule has 0 fully saturated rings. The van der Waals surface area contributed by atoms with E-state index in [1.165, 1.54) is 57.8 Å². The van der Waals surface area contributed by atoms with Crippen LogP contribution >= 0.6 is 0 Å². The Bertz CT molecular complexity index is 111. The van der Waals surface area contributed by atoms with Gasteiger partial charge in [0.15, 0.2) is 0 Å². The lowest BCUT2D eigenvalue weighted by molar-refractivity contribution is 0.327. The van der Waals surface area contributed by atoms with E-state index in [1.807, 2.05) is 0 Å². The second kappa shape index (κ2) is 10.5. The summed E-state index contributed by atoms with van der Waals surface area (Å²) in [5, 5.41) is 0. The summed E-state index contributed by atoms with van der Waals surface area (Å²) in [6.45, 7) is 9.39. The lowest BCUT2D eigenvalue weighted by atomic mass is 9.86. The minimum atomic E-state index is 0.958. The smallest absolute Gasteiger partial charge is 0.0412 e. The molecule has 0 nitrogen and oxygen atoms in total. The van der Waals surface area contributed by atoms with Gasteiger partial charge in [0.1, 0.15) is 0 Å². The van der Waals surface area contributed by atoms with Gasteiger partial charge in [-0.25, -0.2) is 0 Å². The Balaban J connectivity index is 3.62. The minimum Gasteiger partial charge on any atom is -0.0654 e. The molecular formula is C15H32. The number of hydrogen-bond acceptors (Lipinski definition) is 0. The zero-order chi connectivity index (χ0) is 11.5. The van der Waals surface area contributed by atoms with Crippen molar-refractivity contribution in [1.29, 1.82) is 0 Å². The molecule has 0 aromatic heterocycles. The van der Waals surface area contributed by atoms with Crippen molar-refractivity contribution in [3.05, 3.63) is 0 Å². The molecule has 0 aliphatic carbocycles. The quantitative estimate of drug-likeness (QED) is 0.401. The Morgan fingerprint density at radius 3 is 1.80 bits per heavy atom. The molecule has 0 N–H and O–H groups in total. The van der Waals surface area contributed by atoms with Crippen LogP contribution in [0.5, 0.6) is 0 Å². The van der Waals surface area contributed by atoms with Gasteiger partial charge >= 0.3 is 0 Å². The molecule has 0 aliphatic heterocycles. The molecule has 0 amide bonds. The topological polar surface area (TPSA) is 0 Å². The van der Waals surface area contributed by atoms with Gasteiger partial charge in [0.2, 0.25) is 0 Å². The maximum Gasteiger partial charge on any atom is -0.0412 e. The number of rotatable bonds is 10. The average Bonchev–Trinajstić information content (AvgIpc) is 2.19. The van der Waals surface area contributed by atoms with E-state index in [2.05, 4.69) is 27.7 Å². The summed E-state index contributed by atoms with van der Waals surface area (Å²) in [6, 6.07) is 0. The average molecular weight is 212 g/mol. The Labute approximate surface area is 97.8 Å². The van der Waals surface area contributed by atoms with Crippen molar-refractivity contribution in [2.24, 2.45) is 11.8 Å². The van der Waals surface area contributed by atoms with Crippen LogP contribution in [0.15, 0.2) is 0 Å². The summed E-state index contributed by atoms with van der Waals surface area (Å²) in [6.07, 6.45) is 12.8. The van der Waals surface area contributed by atoms with E-state index in [-0.39, 0.29) is 0 Å². The van der Waals surface area contributed by atoms with E-state index in [0.29, 0.717) is 0 Å². The van der Waals surface area contributed by atoms with E-state index in [9.17, 15) is 0 Å². The van der Waals surface area contributed by atoms with Crippen LogP contribution < -0.4 is 0 Å². The Morgan fingerprint density at radius 1 is 0.733 bits per heavy atom. The fourth-order valence-corrected chi connectivity index (χ4v) is 2.63. The normalized spacial score (nSPS) is 13.4. The summed E-state index contributed by atoms with van der Waals surface area (Å²) in [5.74, 6) is 1.97. The molecule has 0 heterocycles. The summed E-state index contributed by atoms with van der Waals surface area (Å²) in [4.78, 5) is 0. The van der Waals surface area contributed by atoms with Gasteiger partial charge in [0, 0.05) is 0 Å². The summed E-state index contributed by atoms with van der Waals surface area (Å²) in [5.41, 5.74) is 0. The molecule has 0 saturated carbocycles. The van der Waals surface area contributed by atoms with Gasteiger partial charge in [-0.1, -0.05) is 79.1 Å². The second-order valence-electron chi connectivity index (χ2n) is 5.28. The SMILES string of the molecule is CCCCCC(C)CC(CCC)CCC. The van der Waals surface area contributed by atoms with Crippen LogP contribution in [0, 0.1) is 11.8 Å². The molecule has 0 aromatic carbocycles. The Hall–Kier alpha value is 0. The maximum absolute atomic E-state index is 2.45. The molecule has 0 bridgehead atoms. The third-order valence-corrected chi connectivity index (χ3v) is 3.43. The molecular weight excluding hydrogens is 180 g/mol. The standard InChI is InChI=1S/C15H32/c1-5-8-9-12-14(4)13-15(10-6-2)11-7-3/h14-15H,5-13H2,1-4H3. The fraction of sp³-hybridized carbons (Fsp3) is 1.00. The van der Waals surface area contributed by atoms with E-state index in [4.69, 9.17) is 0 Å². The monoisotopic (exact) mass is 212 g/mol. The van der Waals surface area contributed by atoms with Crippen molar-refractivity contribution in [1.82, 2.24) is 0 Å². The first-order valence-electron chi connectivity index (χ1n) is 7.24. The van der Waals surface area contributed by atoms with Crippen molar-refractivity contribution >= 4 is 0 Å². The second-order valence-corrected chi connectivity index (χ2v) is 5.28. The molecule has 0 aliphatic rings. The van der Waals surface area contributed by atoms with Crippen LogP contribution in [-0.4, -0.2) is 0 Å². The molecule has 0 radical (unpaired) electrons.